The molecule has 1 aliphatic rings. The van der Waals surface area contributed by atoms with Gasteiger partial charge in [-0.1, -0.05) is 54.8 Å². The number of rotatable bonds is 3. The number of hydrogen-bond acceptors (Lipinski definition) is 1. The monoisotopic (exact) mass is 304 g/mol. The number of aliphatic hydroxyl groups excluding tert-OH is 1. The molecule has 2 aromatic carbocycles. The Kier molecular flexibility index (Phi) is 4.01. The molecular weight excluding hydrogens is 287 g/mol. The van der Waals surface area contributed by atoms with Crippen LogP contribution >= 0.6 is 11.6 Å². The fourth-order valence-corrected chi connectivity index (χ4v) is 3.74. The summed E-state index contributed by atoms with van der Waals surface area (Å²) in [5.74, 6) is -0.366. The van der Waals surface area contributed by atoms with E-state index in [4.69, 9.17) is 11.6 Å². The van der Waals surface area contributed by atoms with Crippen molar-refractivity contribution in [2.45, 2.75) is 37.2 Å². The lowest BCUT2D eigenvalue weighted by molar-refractivity contribution is 0.0820. The van der Waals surface area contributed by atoms with Crippen LogP contribution in [0.5, 0.6) is 0 Å². The first-order valence-electron chi connectivity index (χ1n) is 7.32. The van der Waals surface area contributed by atoms with Gasteiger partial charge in [0.15, 0.2) is 0 Å². The summed E-state index contributed by atoms with van der Waals surface area (Å²) in [6.45, 7) is 0. The molecule has 110 valence electrons. The molecule has 3 heteroatoms. The van der Waals surface area contributed by atoms with Crippen molar-refractivity contribution in [3.8, 4) is 0 Å². The summed E-state index contributed by atoms with van der Waals surface area (Å²) >= 11 is 6.19. The van der Waals surface area contributed by atoms with Gasteiger partial charge in [-0.3, -0.25) is 0 Å². The Labute approximate surface area is 129 Å². The molecule has 0 spiro atoms. The molecule has 0 amide bonds. The third kappa shape index (κ3) is 2.58. The molecule has 1 unspecified atom stereocenters. The zero-order chi connectivity index (χ0) is 14.9. The molecule has 1 saturated carbocycles. The highest BCUT2D eigenvalue weighted by atomic mass is 35.5. The second kappa shape index (κ2) is 5.78. The van der Waals surface area contributed by atoms with Crippen LogP contribution in [0.15, 0.2) is 48.5 Å². The van der Waals surface area contributed by atoms with Gasteiger partial charge in [0, 0.05) is 16.0 Å². The predicted molar refractivity (Wildman–Crippen MR) is 83.0 cm³/mol. The van der Waals surface area contributed by atoms with Crippen LogP contribution in [-0.4, -0.2) is 5.11 Å². The summed E-state index contributed by atoms with van der Waals surface area (Å²) in [5, 5.41) is 11.4. The van der Waals surface area contributed by atoms with E-state index >= 15 is 0 Å². The van der Waals surface area contributed by atoms with Crippen molar-refractivity contribution in [3.05, 3.63) is 70.5 Å². The van der Waals surface area contributed by atoms with E-state index in [2.05, 4.69) is 0 Å². The minimum Gasteiger partial charge on any atom is -0.387 e. The van der Waals surface area contributed by atoms with Gasteiger partial charge >= 0.3 is 0 Å². The summed E-state index contributed by atoms with van der Waals surface area (Å²) in [4.78, 5) is 0. The third-order valence-electron chi connectivity index (χ3n) is 4.62. The fraction of sp³-hybridized carbons (Fsp3) is 0.333. The smallest absolute Gasteiger partial charge is 0.123 e. The molecule has 1 fully saturated rings. The van der Waals surface area contributed by atoms with Crippen LogP contribution < -0.4 is 0 Å². The maximum Gasteiger partial charge on any atom is 0.123 e. The second-order valence-corrected chi connectivity index (χ2v) is 6.20. The molecule has 1 nitrogen and oxygen atoms in total. The molecule has 21 heavy (non-hydrogen) atoms. The molecule has 1 atom stereocenters. The molecule has 2 aromatic rings. The lowest BCUT2D eigenvalue weighted by Gasteiger charge is -2.35. The Bertz CT molecular complexity index is 620. The van der Waals surface area contributed by atoms with E-state index in [9.17, 15) is 9.50 Å². The van der Waals surface area contributed by atoms with E-state index in [0.717, 1.165) is 31.2 Å². The molecule has 1 N–H and O–H groups in total. The summed E-state index contributed by atoms with van der Waals surface area (Å²) in [6, 6.07) is 14.2. The Balaban J connectivity index is 2.07. The van der Waals surface area contributed by atoms with E-state index < -0.39 is 6.10 Å². The third-order valence-corrected chi connectivity index (χ3v) is 4.96. The molecule has 0 radical (unpaired) electrons. The summed E-state index contributed by atoms with van der Waals surface area (Å²) in [5.41, 5.74) is 1.23. The van der Waals surface area contributed by atoms with Crippen molar-refractivity contribution in [3.63, 3.8) is 0 Å². The van der Waals surface area contributed by atoms with E-state index in [1.54, 1.807) is 0 Å². The average molecular weight is 305 g/mol. The minimum atomic E-state index is -0.786. The fourth-order valence-electron chi connectivity index (χ4n) is 3.52. The van der Waals surface area contributed by atoms with Crippen molar-refractivity contribution in [2.75, 3.05) is 0 Å². The average Bonchev–Trinajstić information content (AvgIpc) is 3.01. The van der Waals surface area contributed by atoms with E-state index in [-0.39, 0.29) is 11.2 Å². The number of hydrogen-bond donors (Lipinski definition) is 1. The molecule has 0 bridgehead atoms. The van der Waals surface area contributed by atoms with Crippen LogP contribution in [0.25, 0.3) is 0 Å². The van der Waals surface area contributed by atoms with Gasteiger partial charge in [0.25, 0.3) is 0 Å². The van der Waals surface area contributed by atoms with Gasteiger partial charge in [-0.15, -0.1) is 0 Å². The second-order valence-electron chi connectivity index (χ2n) is 5.80. The molecule has 0 aromatic heterocycles. The minimum absolute atomic E-state index is 0.362. The van der Waals surface area contributed by atoms with Gasteiger partial charge in [-0.05, 0) is 36.6 Å². The topological polar surface area (TPSA) is 20.2 Å². The molecule has 1 aliphatic carbocycles. The first kappa shape index (κ1) is 14.6. The van der Waals surface area contributed by atoms with Crippen molar-refractivity contribution in [2.24, 2.45) is 0 Å². The first-order chi connectivity index (χ1) is 10.1. The van der Waals surface area contributed by atoms with Crippen LogP contribution in [0, 0.1) is 5.82 Å². The van der Waals surface area contributed by atoms with Crippen molar-refractivity contribution < 1.29 is 9.50 Å². The highest BCUT2D eigenvalue weighted by Gasteiger charge is 2.43. The number of benzene rings is 2. The number of halogens is 2. The Hall–Kier alpha value is -1.38. The van der Waals surface area contributed by atoms with Crippen molar-refractivity contribution in [1.82, 2.24) is 0 Å². The van der Waals surface area contributed by atoms with Crippen molar-refractivity contribution in [1.29, 1.82) is 0 Å². The highest BCUT2D eigenvalue weighted by Crippen LogP contribution is 2.50. The van der Waals surface area contributed by atoms with Gasteiger partial charge in [-0.25, -0.2) is 4.39 Å². The molecule has 3 rings (SSSR count). The maximum atomic E-state index is 13.6. The molecule has 0 heterocycles. The highest BCUT2D eigenvalue weighted by molar-refractivity contribution is 6.31. The SMILES string of the molecule is OC(c1cc(F)ccc1Cl)C1(c2ccccc2)CCCC1. The van der Waals surface area contributed by atoms with Gasteiger partial charge in [0.05, 0.1) is 6.10 Å². The molecule has 0 saturated heterocycles. The van der Waals surface area contributed by atoms with Crippen molar-refractivity contribution >= 4 is 11.6 Å². The lowest BCUT2D eigenvalue weighted by Crippen LogP contribution is -2.31. The van der Waals surface area contributed by atoms with Gasteiger partial charge in [0.2, 0.25) is 0 Å². The van der Waals surface area contributed by atoms with E-state index in [1.807, 2.05) is 30.3 Å². The zero-order valence-corrected chi connectivity index (χ0v) is 12.5. The predicted octanol–water partition coefficient (Wildman–Crippen LogP) is 5.02. The van der Waals surface area contributed by atoms with Crippen LogP contribution in [-0.2, 0) is 5.41 Å². The molecule has 0 aliphatic heterocycles. The van der Waals surface area contributed by atoms with Crippen LogP contribution in [0.1, 0.15) is 42.9 Å². The molecular formula is C18H18ClFO. The summed E-state index contributed by atoms with van der Waals surface area (Å²) < 4.78 is 13.6. The Morgan fingerprint density at radius 3 is 2.38 bits per heavy atom. The van der Waals surface area contributed by atoms with E-state index in [1.165, 1.54) is 18.2 Å². The quantitative estimate of drug-likeness (QED) is 0.843. The lowest BCUT2D eigenvalue weighted by atomic mass is 9.72. The Morgan fingerprint density at radius 1 is 1.05 bits per heavy atom. The first-order valence-corrected chi connectivity index (χ1v) is 7.70. The zero-order valence-electron chi connectivity index (χ0n) is 11.7. The number of aliphatic hydroxyl groups is 1. The van der Waals surface area contributed by atoms with Gasteiger partial charge < -0.3 is 5.11 Å². The van der Waals surface area contributed by atoms with Crippen LogP contribution in [0.2, 0.25) is 5.02 Å². The van der Waals surface area contributed by atoms with Gasteiger partial charge in [-0.2, -0.15) is 0 Å². The standard InChI is InChI=1S/C18H18ClFO/c19-16-9-8-14(20)12-15(16)17(21)18(10-4-5-11-18)13-6-2-1-3-7-13/h1-3,6-9,12,17,21H,4-5,10-11H2. The van der Waals surface area contributed by atoms with Crippen LogP contribution in [0.4, 0.5) is 4.39 Å². The van der Waals surface area contributed by atoms with Gasteiger partial charge in [0.1, 0.15) is 5.82 Å². The largest absolute Gasteiger partial charge is 0.387 e. The normalized spacial score (nSPS) is 18.6. The van der Waals surface area contributed by atoms with Crippen LogP contribution in [0.3, 0.4) is 0 Å². The maximum absolute atomic E-state index is 13.6. The summed E-state index contributed by atoms with van der Waals surface area (Å²) in [6.07, 6.45) is 3.14. The van der Waals surface area contributed by atoms with E-state index in [0.29, 0.717) is 10.6 Å². The summed E-state index contributed by atoms with van der Waals surface area (Å²) in [7, 11) is 0. The Morgan fingerprint density at radius 2 is 1.71 bits per heavy atom.